The Balaban J connectivity index is 2.02. The van der Waals surface area contributed by atoms with E-state index in [1.807, 2.05) is 20.8 Å². The van der Waals surface area contributed by atoms with Gasteiger partial charge in [0.2, 0.25) is 5.91 Å². The number of amides is 3. The second-order valence-corrected chi connectivity index (χ2v) is 7.35. The van der Waals surface area contributed by atoms with Crippen molar-refractivity contribution in [3.63, 3.8) is 0 Å². The molecule has 2 rings (SSSR count). The second-order valence-electron chi connectivity index (χ2n) is 7.35. The van der Waals surface area contributed by atoms with E-state index in [0.29, 0.717) is 32.4 Å². The van der Waals surface area contributed by atoms with Gasteiger partial charge in [0.15, 0.2) is 12.2 Å². The third-order valence-electron chi connectivity index (χ3n) is 5.34. The molecule has 2 saturated heterocycles. The van der Waals surface area contributed by atoms with Gasteiger partial charge in [0.05, 0.1) is 7.11 Å². The highest BCUT2D eigenvalue weighted by atomic mass is 16.6. The predicted octanol–water partition coefficient (Wildman–Crippen LogP) is -0.0251. The van der Waals surface area contributed by atoms with Crippen molar-refractivity contribution in [1.82, 2.24) is 15.5 Å². The molecule has 9 nitrogen and oxygen atoms in total. The van der Waals surface area contributed by atoms with E-state index in [-0.39, 0.29) is 17.7 Å². The van der Waals surface area contributed by atoms with Crippen molar-refractivity contribution < 1.29 is 28.7 Å². The average Bonchev–Trinajstić information content (AvgIpc) is 3.36. The number of hydrogen-bond acceptors (Lipinski definition) is 6. The highest BCUT2D eigenvalue weighted by Gasteiger charge is 2.51. The monoisotopic (exact) mass is 397 g/mol. The smallest absolute Gasteiger partial charge is 0.328 e. The van der Waals surface area contributed by atoms with Gasteiger partial charge < -0.3 is 25.0 Å². The minimum Gasteiger partial charge on any atom is -0.467 e. The molecule has 2 heterocycles. The van der Waals surface area contributed by atoms with Crippen molar-refractivity contribution in [2.45, 2.75) is 70.7 Å². The lowest BCUT2D eigenvalue weighted by Crippen LogP contribution is -2.55. The minimum absolute atomic E-state index is 0.138. The number of likely N-dealkylation sites (tertiary alicyclic amines) is 1. The van der Waals surface area contributed by atoms with Crippen molar-refractivity contribution in [3.8, 4) is 0 Å². The Labute approximate surface area is 165 Å². The van der Waals surface area contributed by atoms with Gasteiger partial charge in [0.25, 0.3) is 11.8 Å². The fourth-order valence-electron chi connectivity index (χ4n) is 3.37. The van der Waals surface area contributed by atoms with Crippen molar-refractivity contribution >= 4 is 23.7 Å². The van der Waals surface area contributed by atoms with E-state index in [1.54, 1.807) is 0 Å². The van der Waals surface area contributed by atoms with Gasteiger partial charge in [-0.05, 0) is 25.2 Å². The van der Waals surface area contributed by atoms with E-state index >= 15 is 0 Å². The number of methoxy groups -OCH3 is 1. The average molecular weight is 397 g/mol. The van der Waals surface area contributed by atoms with Crippen LogP contribution in [0.2, 0.25) is 0 Å². The summed E-state index contributed by atoms with van der Waals surface area (Å²) in [7, 11) is 1.30. The summed E-state index contributed by atoms with van der Waals surface area (Å²) in [6.07, 6.45) is 1.01. The lowest BCUT2D eigenvalue weighted by atomic mass is 9.97. The maximum absolute atomic E-state index is 13.1. The molecule has 0 unspecified atom stereocenters. The standard InChI is InChI=1S/C19H31N3O6/c1-5-9-20-16(23)14-15(28-14)17(24)21-13(11(3)6-2)18(25)22-10-7-8-12(22)19(26)27-4/h11-15H,5-10H2,1-4H3,(H,20,23)(H,21,24)/t11-,12+,13-,14+,15-/m0/s1. The van der Waals surface area contributed by atoms with Crippen LogP contribution < -0.4 is 10.6 Å². The molecule has 0 aromatic carbocycles. The van der Waals surface area contributed by atoms with Crippen LogP contribution in [-0.4, -0.2) is 73.1 Å². The zero-order valence-electron chi connectivity index (χ0n) is 17.0. The number of epoxide rings is 1. The molecule has 0 aromatic rings. The first-order valence-electron chi connectivity index (χ1n) is 9.97. The molecule has 9 heteroatoms. The lowest BCUT2D eigenvalue weighted by molar-refractivity contribution is -0.152. The van der Waals surface area contributed by atoms with Gasteiger partial charge in [0.1, 0.15) is 12.1 Å². The number of carbonyl (C=O) groups is 4. The summed E-state index contributed by atoms with van der Waals surface area (Å²) < 4.78 is 10.0. The van der Waals surface area contributed by atoms with Crippen molar-refractivity contribution in [3.05, 3.63) is 0 Å². The normalized spacial score (nSPS) is 25.6. The Morgan fingerprint density at radius 2 is 1.86 bits per heavy atom. The SMILES string of the molecule is CCCNC(=O)[C@@H]1O[C@@H]1C(=O)N[C@H](C(=O)N1CCC[C@@H]1C(=O)OC)[C@@H](C)CC. The first kappa shape index (κ1) is 22.1. The number of ether oxygens (including phenoxy) is 2. The van der Waals surface area contributed by atoms with Crippen LogP contribution in [-0.2, 0) is 28.7 Å². The molecule has 0 radical (unpaired) electrons. The summed E-state index contributed by atoms with van der Waals surface area (Å²) >= 11 is 0. The fraction of sp³-hybridized carbons (Fsp3) is 0.789. The van der Waals surface area contributed by atoms with Crippen LogP contribution in [0.3, 0.4) is 0 Å². The Kier molecular flexibility index (Phi) is 7.79. The summed E-state index contributed by atoms with van der Waals surface area (Å²) in [6, 6.07) is -1.41. The fourth-order valence-corrected chi connectivity index (χ4v) is 3.37. The summed E-state index contributed by atoms with van der Waals surface area (Å²) in [5.41, 5.74) is 0. The number of nitrogens with one attached hydrogen (secondary N) is 2. The molecule has 2 aliphatic rings. The Bertz CT molecular complexity index is 610. The third kappa shape index (κ3) is 5.01. The molecule has 0 saturated carbocycles. The molecule has 28 heavy (non-hydrogen) atoms. The van der Waals surface area contributed by atoms with Crippen molar-refractivity contribution in [1.29, 1.82) is 0 Å². The van der Waals surface area contributed by atoms with Gasteiger partial charge in [-0.1, -0.05) is 27.2 Å². The summed E-state index contributed by atoms with van der Waals surface area (Å²) in [6.45, 7) is 6.69. The van der Waals surface area contributed by atoms with Gasteiger partial charge in [-0.2, -0.15) is 0 Å². The van der Waals surface area contributed by atoms with E-state index in [4.69, 9.17) is 9.47 Å². The van der Waals surface area contributed by atoms with Crippen molar-refractivity contribution in [2.24, 2.45) is 5.92 Å². The molecule has 0 spiro atoms. The lowest BCUT2D eigenvalue weighted by Gasteiger charge is -2.30. The molecular weight excluding hydrogens is 366 g/mol. The molecule has 5 atom stereocenters. The molecule has 3 amide bonds. The van der Waals surface area contributed by atoms with Crippen LogP contribution in [0.5, 0.6) is 0 Å². The van der Waals surface area contributed by atoms with Crippen LogP contribution in [0.1, 0.15) is 46.5 Å². The zero-order valence-corrected chi connectivity index (χ0v) is 17.0. The molecule has 158 valence electrons. The highest BCUT2D eigenvalue weighted by Crippen LogP contribution is 2.25. The Morgan fingerprint density at radius 1 is 1.18 bits per heavy atom. The van der Waals surface area contributed by atoms with E-state index in [1.165, 1.54) is 12.0 Å². The minimum atomic E-state index is -0.883. The summed E-state index contributed by atoms with van der Waals surface area (Å²) in [5, 5.41) is 5.43. The van der Waals surface area contributed by atoms with E-state index in [0.717, 1.165) is 6.42 Å². The maximum Gasteiger partial charge on any atom is 0.328 e. The summed E-state index contributed by atoms with van der Waals surface area (Å²) in [5.74, 6) is -1.69. The van der Waals surface area contributed by atoms with E-state index < -0.39 is 36.2 Å². The quantitative estimate of drug-likeness (QED) is 0.417. The van der Waals surface area contributed by atoms with Crippen LogP contribution in [0.15, 0.2) is 0 Å². The number of rotatable bonds is 9. The molecule has 0 aliphatic carbocycles. The van der Waals surface area contributed by atoms with Crippen molar-refractivity contribution in [2.75, 3.05) is 20.2 Å². The largest absolute Gasteiger partial charge is 0.467 e. The molecule has 0 aromatic heterocycles. The number of carbonyl (C=O) groups excluding carboxylic acids is 4. The molecular formula is C19H31N3O6. The van der Waals surface area contributed by atoms with Gasteiger partial charge in [-0.15, -0.1) is 0 Å². The van der Waals surface area contributed by atoms with Gasteiger partial charge >= 0.3 is 5.97 Å². The van der Waals surface area contributed by atoms with Crippen LogP contribution in [0.25, 0.3) is 0 Å². The van der Waals surface area contributed by atoms with Gasteiger partial charge in [-0.25, -0.2) is 4.79 Å². The predicted molar refractivity (Wildman–Crippen MR) is 100 cm³/mol. The molecule has 0 bridgehead atoms. The van der Waals surface area contributed by atoms with Crippen LogP contribution in [0, 0.1) is 5.92 Å². The first-order valence-corrected chi connectivity index (χ1v) is 9.97. The van der Waals surface area contributed by atoms with Gasteiger partial charge in [0, 0.05) is 13.1 Å². The topological polar surface area (TPSA) is 117 Å². The highest BCUT2D eigenvalue weighted by molar-refractivity contribution is 5.97. The second kappa shape index (κ2) is 9.86. The van der Waals surface area contributed by atoms with Gasteiger partial charge in [-0.3, -0.25) is 14.4 Å². The molecule has 2 aliphatic heterocycles. The van der Waals surface area contributed by atoms with Crippen LogP contribution >= 0.6 is 0 Å². The van der Waals surface area contributed by atoms with Crippen LogP contribution in [0.4, 0.5) is 0 Å². The zero-order chi connectivity index (χ0) is 20.8. The number of nitrogens with zero attached hydrogens (tertiary/aromatic N) is 1. The maximum atomic E-state index is 13.1. The van der Waals surface area contributed by atoms with E-state index in [2.05, 4.69) is 10.6 Å². The Hall–Kier alpha value is -2.16. The number of hydrogen-bond donors (Lipinski definition) is 2. The first-order chi connectivity index (χ1) is 13.3. The number of esters is 1. The van der Waals surface area contributed by atoms with E-state index in [9.17, 15) is 19.2 Å². The Morgan fingerprint density at radius 3 is 2.46 bits per heavy atom. The molecule has 2 fully saturated rings. The molecule has 2 N–H and O–H groups in total. The summed E-state index contributed by atoms with van der Waals surface area (Å²) in [4.78, 5) is 51.0. The third-order valence-corrected chi connectivity index (χ3v) is 5.34.